The molecule has 0 unspecified atom stereocenters. The summed E-state index contributed by atoms with van der Waals surface area (Å²) in [5.74, 6) is 1.36. The third-order valence-corrected chi connectivity index (χ3v) is 6.05. The van der Waals surface area contributed by atoms with E-state index in [-0.39, 0.29) is 11.9 Å². The summed E-state index contributed by atoms with van der Waals surface area (Å²) in [5.41, 5.74) is 6.87. The number of hydrogen-bond donors (Lipinski definition) is 2. The van der Waals surface area contributed by atoms with Crippen molar-refractivity contribution in [1.29, 1.82) is 0 Å². The van der Waals surface area contributed by atoms with Crippen molar-refractivity contribution in [3.05, 3.63) is 35.9 Å². The van der Waals surface area contributed by atoms with E-state index < -0.39 is 0 Å². The zero-order valence-corrected chi connectivity index (χ0v) is 15.5. The molecule has 7 nitrogen and oxygen atoms in total. The van der Waals surface area contributed by atoms with Crippen molar-refractivity contribution in [2.24, 2.45) is 5.92 Å². The van der Waals surface area contributed by atoms with Crippen molar-refractivity contribution in [3.8, 4) is 0 Å². The Balaban J connectivity index is 1.37. The van der Waals surface area contributed by atoms with E-state index in [4.69, 9.17) is 5.73 Å². The number of aromatic nitrogens is 3. The van der Waals surface area contributed by atoms with Crippen LogP contribution in [0.2, 0.25) is 0 Å². The Labute approximate surface area is 157 Å². The molecule has 138 valence electrons. The smallest absolute Gasteiger partial charge is 0.233 e. The molecule has 2 bridgehead atoms. The van der Waals surface area contributed by atoms with Crippen LogP contribution in [0.1, 0.15) is 18.4 Å². The van der Waals surface area contributed by atoms with Crippen LogP contribution in [-0.2, 0) is 11.3 Å². The number of piperidine rings is 1. The van der Waals surface area contributed by atoms with Gasteiger partial charge in [-0.1, -0.05) is 42.1 Å². The second-order valence-electron chi connectivity index (χ2n) is 7.10. The first-order valence-corrected chi connectivity index (χ1v) is 10.0. The minimum Gasteiger partial charge on any atom is -0.368 e. The van der Waals surface area contributed by atoms with Gasteiger partial charge >= 0.3 is 0 Å². The Kier molecular flexibility index (Phi) is 5.12. The van der Waals surface area contributed by atoms with Gasteiger partial charge in [-0.05, 0) is 24.3 Å². The molecule has 0 aliphatic carbocycles. The van der Waals surface area contributed by atoms with Crippen LogP contribution in [0.5, 0.6) is 0 Å². The molecule has 1 amide bonds. The van der Waals surface area contributed by atoms with Gasteiger partial charge in [-0.3, -0.25) is 9.69 Å². The highest BCUT2D eigenvalue weighted by Crippen LogP contribution is 2.29. The minimum atomic E-state index is 0.164. The summed E-state index contributed by atoms with van der Waals surface area (Å²) in [7, 11) is 0. The molecule has 4 heterocycles. The zero-order valence-electron chi connectivity index (χ0n) is 14.7. The molecule has 3 aliphatic rings. The third-order valence-electron chi connectivity index (χ3n) is 5.22. The number of H-pyrrole nitrogens is 1. The monoisotopic (exact) mass is 372 g/mol. The van der Waals surface area contributed by atoms with Gasteiger partial charge in [0.05, 0.1) is 5.75 Å². The predicted molar refractivity (Wildman–Crippen MR) is 101 cm³/mol. The van der Waals surface area contributed by atoms with Gasteiger partial charge in [0.2, 0.25) is 17.0 Å². The van der Waals surface area contributed by atoms with Crippen molar-refractivity contribution in [2.75, 3.05) is 31.1 Å². The average Bonchev–Trinajstić information content (AvgIpc) is 2.87. The highest BCUT2D eigenvalue weighted by atomic mass is 32.2. The topological polar surface area (TPSA) is 91.1 Å². The van der Waals surface area contributed by atoms with Crippen LogP contribution in [0, 0.1) is 5.92 Å². The van der Waals surface area contributed by atoms with Gasteiger partial charge < -0.3 is 10.6 Å². The number of nitrogens with zero attached hydrogens (tertiary/aromatic N) is 4. The van der Waals surface area contributed by atoms with Gasteiger partial charge in [0.15, 0.2) is 0 Å². The summed E-state index contributed by atoms with van der Waals surface area (Å²) in [4.78, 5) is 21.3. The van der Waals surface area contributed by atoms with Crippen molar-refractivity contribution < 1.29 is 4.79 Å². The van der Waals surface area contributed by atoms with E-state index in [2.05, 4.69) is 50.4 Å². The van der Waals surface area contributed by atoms with Gasteiger partial charge in [0.25, 0.3) is 0 Å². The minimum absolute atomic E-state index is 0.164. The highest BCUT2D eigenvalue weighted by molar-refractivity contribution is 7.99. The number of fused-ring (bicyclic) bond motifs is 4. The molecular formula is C18H24N6OS. The molecule has 0 saturated carbocycles. The Morgan fingerprint density at radius 3 is 2.85 bits per heavy atom. The summed E-state index contributed by atoms with van der Waals surface area (Å²) in [5, 5.41) is 7.10. The van der Waals surface area contributed by atoms with E-state index in [0.717, 1.165) is 26.2 Å². The number of carbonyl (C=O) groups is 1. The number of thioether (sulfide) groups is 1. The van der Waals surface area contributed by atoms with E-state index in [1.165, 1.54) is 30.2 Å². The van der Waals surface area contributed by atoms with Crippen molar-refractivity contribution in [3.63, 3.8) is 0 Å². The zero-order chi connectivity index (χ0) is 17.9. The summed E-state index contributed by atoms with van der Waals surface area (Å²) in [6.07, 6.45) is 2.39. The van der Waals surface area contributed by atoms with Crippen LogP contribution in [0.3, 0.4) is 0 Å². The van der Waals surface area contributed by atoms with E-state index in [0.29, 0.717) is 22.9 Å². The largest absolute Gasteiger partial charge is 0.368 e. The SMILES string of the molecule is Nc1nc(SCC(=O)N2C[C@@H]3CC[C@H](C2)N(Cc2ccccc2)C3)n[nH]1. The number of anilines is 1. The molecule has 3 fully saturated rings. The fourth-order valence-corrected chi connectivity index (χ4v) is 4.64. The lowest BCUT2D eigenvalue weighted by Gasteiger charge is -2.36. The number of carbonyl (C=O) groups excluding carboxylic acids is 1. The van der Waals surface area contributed by atoms with Crippen LogP contribution < -0.4 is 5.73 Å². The fourth-order valence-electron chi connectivity index (χ4n) is 3.93. The number of rotatable bonds is 5. The first-order chi connectivity index (χ1) is 12.7. The maximum Gasteiger partial charge on any atom is 0.233 e. The van der Waals surface area contributed by atoms with Gasteiger partial charge in [0.1, 0.15) is 0 Å². The van der Waals surface area contributed by atoms with Crippen LogP contribution in [0.25, 0.3) is 0 Å². The molecular weight excluding hydrogens is 348 g/mol. The van der Waals surface area contributed by atoms with Gasteiger partial charge in [-0.15, -0.1) is 5.10 Å². The standard InChI is InChI=1S/C18H24N6OS/c19-17-20-18(22-21-17)26-12-16(25)24-10-14-6-7-15(11-24)23(9-14)8-13-4-2-1-3-5-13/h1-5,14-15H,6-12H2,(H3,19,20,21,22)/t14-,15-/m1/s1. The Hall–Kier alpha value is -2.06. The number of aromatic amines is 1. The number of benzene rings is 1. The molecule has 3 N–H and O–H groups in total. The maximum absolute atomic E-state index is 12.7. The highest BCUT2D eigenvalue weighted by Gasteiger charge is 2.36. The van der Waals surface area contributed by atoms with E-state index in [9.17, 15) is 4.79 Å². The molecule has 3 saturated heterocycles. The average molecular weight is 372 g/mol. The molecule has 2 aromatic rings. The third kappa shape index (κ3) is 4.02. The number of hydrogen-bond acceptors (Lipinski definition) is 6. The first kappa shape index (κ1) is 17.4. The maximum atomic E-state index is 12.7. The normalized spacial score (nSPS) is 23.2. The Morgan fingerprint density at radius 1 is 1.23 bits per heavy atom. The van der Waals surface area contributed by atoms with Crippen molar-refractivity contribution in [2.45, 2.75) is 30.6 Å². The molecule has 1 aromatic carbocycles. The van der Waals surface area contributed by atoms with Crippen molar-refractivity contribution in [1.82, 2.24) is 25.0 Å². The second kappa shape index (κ2) is 7.67. The van der Waals surface area contributed by atoms with Gasteiger partial charge in [-0.2, -0.15) is 4.98 Å². The second-order valence-corrected chi connectivity index (χ2v) is 8.05. The molecule has 3 aliphatic heterocycles. The van der Waals surface area contributed by atoms with Gasteiger partial charge in [-0.25, -0.2) is 5.10 Å². The molecule has 8 heteroatoms. The lowest BCUT2D eigenvalue weighted by atomic mass is 9.94. The first-order valence-electron chi connectivity index (χ1n) is 9.04. The molecule has 26 heavy (non-hydrogen) atoms. The lowest BCUT2D eigenvalue weighted by molar-refractivity contribution is -0.128. The van der Waals surface area contributed by atoms with E-state index in [1.54, 1.807) is 0 Å². The number of nitrogens with two attached hydrogens (primary N) is 1. The number of nitrogens with one attached hydrogen (secondary N) is 1. The van der Waals surface area contributed by atoms with Crippen LogP contribution >= 0.6 is 11.8 Å². The predicted octanol–water partition coefficient (Wildman–Crippen LogP) is 1.60. The van der Waals surface area contributed by atoms with Crippen LogP contribution in [-0.4, -0.2) is 62.3 Å². The fraction of sp³-hybridized carbons (Fsp3) is 0.500. The molecule has 5 rings (SSSR count). The summed E-state index contributed by atoms with van der Waals surface area (Å²) < 4.78 is 0. The lowest BCUT2D eigenvalue weighted by Crippen LogP contribution is -2.44. The van der Waals surface area contributed by atoms with E-state index in [1.807, 2.05) is 4.90 Å². The van der Waals surface area contributed by atoms with Gasteiger partial charge in [0, 0.05) is 32.2 Å². The summed E-state index contributed by atoms with van der Waals surface area (Å²) >= 11 is 1.34. The molecule has 0 spiro atoms. The van der Waals surface area contributed by atoms with E-state index >= 15 is 0 Å². The number of nitrogen functional groups attached to an aromatic ring is 1. The van der Waals surface area contributed by atoms with Crippen molar-refractivity contribution >= 4 is 23.6 Å². The number of amides is 1. The van der Waals surface area contributed by atoms with Crippen LogP contribution in [0.4, 0.5) is 5.95 Å². The molecule has 0 radical (unpaired) electrons. The van der Waals surface area contributed by atoms with Crippen LogP contribution in [0.15, 0.2) is 35.5 Å². The molecule has 2 atom stereocenters. The Morgan fingerprint density at radius 2 is 2.08 bits per heavy atom. The quantitative estimate of drug-likeness (QED) is 0.775. The summed E-state index contributed by atoms with van der Waals surface area (Å²) in [6, 6.07) is 11.0. The summed E-state index contributed by atoms with van der Waals surface area (Å²) in [6.45, 7) is 3.72. The Bertz CT molecular complexity index is 751. The molecule has 1 aromatic heterocycles.